The van der Waals surface area contributed by atoms with Crippen molar-refractivity contribution in [2.75, 3.05) is 7.11 Å². The van der Waals surface area contributed by atoms with Crippen molar-refractivity contribution in [3.05, 3.63) is 35.9 Å². The Morgan fingerprint density at radius 2 is 1.94 bits per heavy atom. The minimum atomic E-state index is -0.667. The molecular formula is C11H12N2O3. The number of urea groups is 1. The Hall–Kier alpha value is -2.04. The predicted octanol–water partition coefficient (Wildman–Crippen LogP) is 0.582. The molecule has 2 rings (SSSR count). The zero-order chi connectivity index (χ0) is 11.5. The number of carbonyl (C=O) groups excluding carboxylic acids is 2. The van der Waals surface area contributed by atoms with Crippen LogP contribution in [0, 0.1) is 0 Å². The summed E-state index contributed by atoms with van der Waals surface area (Å²) in [5, 5.41) is 5.21. The third-order valence-electron chi connectivity index (χ3n) is 2.52. The molecule has 2 amide bonds. The Morgan fingerprint density at radius 3 is 2.56 bits per heavy atom. The Labute approximate surface area is 92.8 Å². The van der Waals surface area contributed by atoms with Gasteiger partial charge in [-0.2, -0.15) is 0 Å². The smallest absolute Gasteiger partial charge is 0.330 e. The molecule has 16 heavy (non-hydrogen) atoms. The first-order chi connectivity index (χ1) is 7.72. The van der Waals surface area contributed by atoms with Gasteiger partial charge >= 0.3 is 12.0 Å². The van der Waals surface area contributed by atoms with Gasteiger partial charge < -0.3 is 15.4 Å². The van der Waals surface area contributed by atoms with E-state index in [0.717, 1.165) is 5.56 Å². The maximum atomic E-state index is 11.5. The minimum Gasteiger partial charge on any atom is -0.467 e. The molecule has 1 fully saturated rings. The van der Waals surface area contributed by atoms with Gasteiger partial charge in [0.05, 0.1) is 13.2 Å². The second kappa shape index (κ2) is 4.22. The van der Waals surface area contributed by atoms with E-state index in [2.05, 4.69) is 15.4 Å². The summed E-state index contributed by atoms with van der Waals surface area (Å²) in [5.41, 5.74) is 0.872. The lowest BCUT2D eigenvalue weighted by molar-refractivity contribution is -0.143. The minimum absolute atomic E-state index is 0.357. The standard InChI is InChI=1S/C11H12N2O3/c1-16-10(14)9-8(12-11(15)13-9)7-5-3-2-4-6-7/h2-6,8-9H,1H3,(H2,12,13,15)/t8-,9-/m0/s1. The molecule has 1 aliphatic heterocycles. The van der Waals surface area contributed by atoms with Crippen molar-refractivity contribution in [2.24, 2.45) is 0 Å². The average Bonchev–Trinajstić information content (AvgIpc) is 2.71. The fourth-order valence-corrected chi connectivity index (χ4v) is 1.75. The number of amides is 2. The Balaban J connectivity index is 2.26. The van der Waals surface area contributed by atoms with E-state index in [1.54, 1.807) is 0 Å². The quantitative estimate of drug-likeness (QED) is 0.716. The Morgan fingerprint density at radius 1 is 1.25 bits per heavy atom. The zero-order valence-electron chi connectivity index (χ0n) is 8.77. The van der Waals surface area contributed by atoms with Gasteiger partial charge in [0.15, 0.2) is 6.04 Å². The molecule has 84 valence electrons. The third-order valence-corrected chi connectivity index (χ3v) is 2.52. The van der Waals surface area contributed by atoms with Crippen LogP contribution < -0.4 is 10.6 Å². The van der Waals surface area contributed by atoms with Crippen molar-refractivity contribution >= 4 is 12.0 Å². The molecule has 1 aromatic carbocycles. The summed E-state index contributed by atoms with van der Waals surface area (Å²) in [6, 6.07) is 7.90. The zero-order valence-corrected chi connectivity index (χ0v) is 8.77. The fraction of sp³-hybridized carbons (Fsp3) is 0.273. The molecular weight excluding hydrogens is 208 g/mol. The van der Waals surface area contributed by atoms with Crippen molar-refractivity contribution < 1.29 is 14.3 Å². The van der Waals surface area contributed by atoms with Gasteiger partial charge in [-0.25, -0.2) is 9.59 Å². The SMILES string of the molecule is COC(=O)[C@H]1NC(=O)N[C@H]1c1ccccc1. The first-order valence-electron chi connectivity index (χ1n) is 4.92. The van der Waals surface area contributed by atoms with E-state index in [0.29, 0.717) is 0 Å². The van der Waals surface area contributed by atoms with Gasteiger partial charge in [0, 0.05) is 0 Å². The molecule has 2 N–H and O–H groups in total. The third kappa shape index (κ3) is 1.84. The molecule has 0 bridgehead atoms. The number of methoxy groups -OCH3 is 1. The number of ether oxygens (including phenoxy) is 1. The maximum absolute atomic E-state index is 11.5. The molecule has 0 saturated carbocycles. The monoisotopic (exact) mass is 220 g/mol. The van der Waals surface area contributed by atoms with Crippen molar-refractivity contribution in [3.8, 4) is 0 Å². The van der Waals surface area contributed by atoms with Gasteiger partial charge in [0.25, 0.3) is 0 Å². The summed E-state index contributed by atoms with van der Waals surface area (Å²) in [5.74, 6) is -0.452. The molecule has 5 nitrogen and oxygen atoms in total. The van der Waals surface area contributed by atoms with Gasteiger partial charge in [0.2, 0.25) is 0 Å². The molecule has 1 aromatic rings. The van der Waals surface area contributed by atoms with E-state index >= 15 is 0 Å². The van der Waals surface area contributed by atoms with Crippen LogP contribution in [0.3, 0.4) is 0 Å². The van der Waals surface area contributed by atoms with Gasteiger partial charge in [0.1, 0.15) is 0 Å². The van der Waals surface area contributed by atoms with Crippen molar-refractivity contribution in [1.82, 2.24) is 10.6 Å². The van der Waals surface area contributed by atoms with Gasteiger partial charge in [-0.1, -0.05) is 30.3 Å². The van der Waals surface area contributed by atoms with Crippen LogP contribution >= 0.6 is 0 Å². The number of nitrogens with one attached hydrogen (secondary N) is 2. The van der Waals surface area contributed by atoms with Gasteiger partial charge in [-0.05, 0) is 5.56 Å². The molecule has 1 aliphatic rings. The molecule has 5 heteroatoms. The van der Waals surface area contributed by atoms with Crippen molar-refractivity contribution in [2.45, 2.75) is 12.1 Å². The fourth-order valence-electron chi connectivity index (χ4n) is 1.75. The van der Waals surface area contributed by atoms with E-state index in [1.807, 2.05) is 30.3 Å². The number of hydrogen-bond donors (Lipinski definition) is 2. The lowest BCUT2D eigenvalue weighted by Crippen LogP contribution is -2.36. The molecule has 0 aliphatic carbocycles. The first-order valence-corrected chi connectivity index (χ1v) is 4.92. The summed E-state index contributed by atoms with van der Waals surface area (Å²) in [6.45, 7) is 0. The van der Waals surface area contributed by atoms with E-state index in [4.69, 9.17) is 0 Å². The molecule has 0 aromatic heterocycles. The van der Waals surface area contributed by atoms with E-state index < -0.39 is 12.0 Å². The van der Waals surface area contributed by atoms with Crippen LogP contribution in [0.4, 0.5) is 4.79 Å². The van der Waals surface area contributed by atoms with E-state index in [1.165, 1.54) is 7.11 Å². The highest BCUT2D eigenvalue weighted by molar-refractivity contribution is 5.88. The van der Waals surface area contributed by atoms with Crippen LogP contribution in [0.15, 0.2) is 30.3 Å². The second-order valence-electron chi connectivity index (χ2n) is 3.51. The Bertz CT molecular complexity index is 405. The van der Waals surface area contributed by atoms with Gasteiger partial charge in [-0.15, -0.1) is 0 Å². The summed E-state index contributed by atoms with van der Waals surface area (Å²) in [7, 11) is 1.30. The number of hydrogen-bond acceptors (Lipinski definition) is 3. The Kier molecular flexibility index (Phi) is 2.76. The largest absolute Gasteiger partial charge is 0.467 e. The lowest BCUT2D eigenvalue weighted by atomic mass is 10.0. The van der Waals surface area contributed by atoms with E-state index in [9.17, 15) is 9.59 Å². The highest BCUT2D eigenvalue weighted by Gasteiger charge is 2.38. The van der Waals surface area contributed by atoms with Crippen LogP contribution in [0.2, 0.25) is 0 Å². The topological polar surface area (TPSA) is 67.4 Å². The number of esters is 1. The highest BCUT2D eigenvalue weighted by atomic mass is 16.5. The van der Waals surface area contributed by atoms with Crippen molar-refractivity contribution in [1.29, 1.82) is 0 Å². The summed E-state index contributed by atoms with van der Waals surface area (Å²) >= 11 is 0. The predicted molar refractivity (Wildman–Crippen MR) is 56.7 cm³/mol. The second-order valence-corrected chi connectivity index (χ2v) is 3.51. The molecule has 1 heterocycles. The maximum Gasteiger partial charge on any atom is 0.330 e. The number of benzene rings is 1. The van der Waals surface area contributed by atoms with Crippen LogP contribution in [0.25, 0.3) is 0 Å². The summed E-state index contributed by atoms with van der Waals surface area (Å²) in [4.78, 5) is 22.7. The van der Waals surface area contributed by atoms with Crippen LogP contribution in [-0.2, 0) is 9.53 Å². The normalized spacial score (nSPS) is 23.4. The average molecular weight is 220 g/mol. The molecule has 0 spiro atoms. The number of carbonyl (C=O) groups is 2. The lowest BCUT2D eigenvalue weighted by Gasteiger charge is -2.16. The number of rotatable bonds is 2. The molecule has 2 atom stereocenters. The first kappa shape index (κ1) is 10.5. The summed E-state index contributed by atoms with van der Waals surface area (Å²) < 4.78 is 4.64. The highest BCUT2D eigenvalue weighted by Crippen LogP contribution is 2.21. The van der Waals surface area contributed by atoms with Gasteiger partial charge in [-0.3, -0.25) is 0 Å². The molecule has 0 radical (unpaired) electrons. The van der Waals surface area contributed by atoms with E-state index in [-0.39, 0.29) is 12.1 Å². The molecule has 0 unspecified atom stereocenters. The molecule has 1 saturated heterocycles. The van der Waals surface area contributed by atoms with Crippen LogP contribution in [0.1, 0.15) is 11.6 Å². The van der Waals surface area contributed by atoms with Crippen LogP contribution in [-0.4, -0.2) is 25.2 Å². The summed E-state index contributed by atoms with van der Waals surface area (Å²) in [6.07, 6.45) is 0. The van der Waals surface area contributed by atoms with Crippen molar-refractivity contribution in [3.63, 3.8) is 0 Å². The van der Waals surface area contributed by atoms with Crippen LogP contribution in [0.5, 0.6) is 0 Å².